The molecule has 88 valence electrons. The lowest BCUT2D eigenvalue weighted by Gasteiger charge is -2.30. The molecule has 1 atom stereocenters. The lowest BCUT2D eigenvalue weighted by molar-refractivity contribution is -0.0232. The molecule has 0 spiro atoms. The van der Waals surface area contributed by atoms with Crippen molar-refractivity contribution in [3.63, 3.8) is 0 Å². The molecular formula is C11H15NO4. The molecule has 1 aliphatic rings. The van der Waals surface area contributed by atoms with Gasteiger partial charge in [0.1, 0.15) is 5.76 Å². The normalized spacial score (nSPS) is 22.2. The zero-order chi connectivity index (χ0) is 11.5. The molecule has 1 N–H and O–H groups in total. The zero-order valence-corrected chi connectivity index (χ0v) is 9.18. The molecule has 1 saturated heterocycles. The molecule has 1 fully saturated rings. The predicted molar refractivity (Wildman–Crippen MR) is 56.4 cm³/mol. The van der Waals surface area contributed by atoms with Gasteiger partial charge in [0, 0.05) is 13.1 Å². The molecular weight excluding hydrogens is 210 g/mol. The Balaban J connectivity index is 1.95. The Kier molecular flexibility index (Phi) is 3.26. The third kappa shape index (κ3) is 2.62. The van der Waals surface area contributed by atoms with Gasteiger partial charge in [-0.3, -0.25) is 4.90 Å². The number of rotatable bonds is 3. The van der Waals surface area contributed by atoms with E-state index in [-0.39, 0.29) is 11.9 Å². The third-order valence-corrected chi connectivity index (χ3v) is 2.58. The summed E-state index contributed by atoms with van der Waals surface area (Å²) in [5.41, 5.74) is 0. The summed E-state index contributed by atoms with van der Waals surface area (Å²) in [6, 6.07) is 3.20. The predicted octanol–water partition coefficient (Wildman–Crippen LogP) is 1.20. The van der Waals surface area contributed by atoms with Gasteiger partial charge in [-0.15, -0.1) is 0 Å². The maximum Gasteiger partial charge on any atom is 0.371 e. The Morgan fingerprint density at radius 3 is 3.06 bits per heavy atom. The molecule has 5 heteroatoms. The van der Waals surface area contributed by atoms with Gasteiger partial charge in [-0.05, 0) is 19.1 Å². The number of furan rings is 1. The van der Waals surface area contributed by atoms with E-state index in [1.54, 1.807) is 6.07 Å². The average Bonchev–Trinajstić information content (AvgIpc) is 2.66. The van der Waals surface area contributed by atoms with Crippen LogP contribution in [-0.4, -0.2) is 41.8 Å². The second-order valence-electron chi connectivity index (χ2n) is 3.99. The van der Waals surface area contributed by atoms with Crippen molar-refractivity contribution in [1.29, 1.82) is 0 Å². The van der Waals surface area contributed by atoms with Crippen LogP contribution in [0.5, 0.6) is 0 Å². The molecule has 0 saturated carbocycles. The first-order chi connectivity index (χ1) is 7.65. The highest BCUT2D eigenvalue weighted by atomic mass is 16.5. The summed E-state index contributed by atoms with van der Waals surface area (Å²) in [6.07, 6.45) is 0.225. The van der Waals surface area contributed by atoms with Crippen molar-refractivity contribution in [2.45, 2.75) is 19.6 Å². The molecule has 5 nitrogen and oxygen atoms in total. The van der Waals surface area contributed by atoms with Crippen LogP contribution in [0.3, 0.4) is 0 Å². The van der Waals surface area contributed by atoms with Gasteiger partial charge in [0.05, 0.1) is 19.3 Å². The summed E-state index contributed by atoms with van der Waals surface area (Å²) in [6.45, 7) is 5.09. The topological polar surface area (TPSA) is 62.9 Å². The van der Waals surface area contributed by atoms with Gasteiger partial charge in [-0.25, -0.2) is 4.79 Å². The van der Waals surface area contributed by atoms with Gasteiger partial charge >= 0.3 is 5.97 Å². The monoisotopic (exact) mass is 225 g/mol. The van der Waals surface area contributed by atoms with Crippen LogP contribution in [0.1, 0.15) is 23.2 Å². The first-order valence-corrected chi connectivity index (χ1v) is 5.31. The number of ether oxygens (including phenoxy) is 1. The maximum absolute atomic E-state index is 10.6. The minimum atomic E-state index is -1.03. The fourth-order valence-electron chi connectivity index (χ4n) is 1.83. The van der Waals surface area contributed by atoms with E-state index in [9.17, 15) is 4.79 Å². The number of carboxylic acid groups (broad SMARTS) is 1. The van der Waals surface area contributed by atoms with Gasteiger partial charge in [0.2, 0.25) is 5.76 Å². The van der Waals surface area contributed by atoms with Crippen molar-refractivity contribution in [1.82, 2.24) is 4.90 Å². The second-order valence-corrected chi connectivity index (χ2v) is 3.99. The molecule has 1 unspecified atom stereocenters. The first-order valence-electron chi connectivity index (χ1n) is 5.31. The van der Waals surface area contributed by atoms with Crippen LogP contribution >= 0.6 is 0 Å². The number of carboxylic acids is 1. The molecule has 16 heavy (non-hydrogen) atoms. The summed E-state index contributed by atoms with van der Waals surface area (Å²) in [4.78, 5) is 12.8. The van der Waals surface area contributed by atoms with E-state index >= 15 is 0 Å². The number of carbonyl (C=O) groups is 1. The number of aromatic carboxylic acids is 1. The minimum absolute atomic E-state index is 0.00342. The van der Waals surface area contributed by atoms with Gasteiger partial charge in [0.15, 0.2) is 0 Å². The molecule has 0 aromatic carbocycles. The van der Waals surface area contributed by atoms with Gasteiger partial charge in [-0.1, -0.05) is 0 Å². The Hall–Kier alpha value is -1.33. The lowest BCUT2D eigenvalue weighted by atomic mass is 10.3. The van der Waals surface area contributed by atoms with Gasteiger partial charge in [-0.2, -0.15) is 0 Å². The van der Waals surface area contributed by atoms with E-state index in [2.05, 4.69) is 4.90 Å². The SMILES string of the molecule is CC1CN(Cc2ccc(C(=O)O)o2)CCO1. The van der Waals surface area contributed by atoms with Crippen molar-refractivity contribution in [3.05, 3.63) is 23.7 Å². The summed E-state index contributed by atoms with van der Waals surface area (Å²) >= 11 is 0. The number of morpholine rings is 1. The fraction of sp³-hybridized carbons (Fsp3) is 0.545. The van der Waals surface area contributed by atoms with Crippen molar-refractivity contribution >= 4 is 5.97 Å². The molecule has 1 aliphatic heterocycles. The molecule has 0 amide bonds. The first kappa shape index (κ1) is 11.2. The van der Waals surface area contributed by atoms with E-state index in [0.29, 0.717) is 18.9 Å². The van der Waals surface area contributed by atoms with Crippen molar-refractivity contribution in [2.75, 3.05) is 19.7 Å². The second kappa shape index (κ2) is 4.67. The summed E-state index contributed by atoms with van der Waals surface area (Å²) < 4.78 is 10.6. The molecule has 0 aliphatic carbocycles. The van der Waals surface area contributed by atoms with E-state index in [0.717, 1.165) is 13.1 Å². The molecule has 1 aromatic heterocycles. The van der Waals surface area contributed by atoms with Crippen LogP contribution in [0.15, 0.2) is 16.5 Å². The van der Waals surface area contributed by atoms with Crippen LogP contribution in [0.2, 0.25) is 0 Å². The van der Waals surface area contributed by atoms with Gasteiger partial charge < -0.3 is 14.3 Å². The Labute approximate surface area is 93.6 Å². The quantitative estimate of drug-likeness (QED) is 0.837. The molecule has 2 rings (SSSR count). The maximum atomic E-state index is 10.6. The summed E-state index contributed by atoms with van der Waals surface area (Å²) in [5, 5.41) is 8.72. The molecule has 0 bridgehead atoms. The Bertz CT molecular complexity index is 374. The van der Waals surface area contributed by atoms with Crippen LogP contribution in [-0.2, 0) is 11.3 Å². The third-order valence-electron chi connectivity index (χ3n) is 2.58. The summed E-state index contributed by atoms with van der Waals surface area (Å²) in [5.74, 6) is -0.343. The minimum Gasteiger partial charge on any atom is -0.475 e. The van der Waals surface area contributed by atoms with Crippen LogP contribution in [0.25, 0.3) is 0 Å². The van der Waals surface area contributed by atoms with Crippen LogP contribution in [0.4, 0.5) is 0 Å². The highest BCUT2D eigenvalue weighted by Gasteiger charge is 2.18. The molecule has 1 aromatic rings. The molecule has 2 heterocycles. The van der Waals surface area contributed by atoms with Crippen LogP contribution in [0, 0.1) is 0 Å². The summed E-state index contributed by atoms with van der Waals surface area (Å²) in [7, 11) is 0. The van der Waals surface area contributed by atoms with Crippen LogP contribution < -0.4 is 0 Å². The van der Waals surface area contributed by atoms with E-state index < -0.39 is 5.97 Å². The standard InChI is InChI=1S/C11H15NO4/c1-8-6-12(4-5-15-8)7-9-2-3-10(16-9)11(13)14/h2-3,8H,4-7H2,1H3,(H,13,14). The van der Waals surface area contributed by atoms with Gasteiger partial charge in [0.25, 0.3) is 0 Å². The number of hydrogen-bond acceptors (Lipinski definition) is 4. The number of hydrogen-bond donors (Lipinski definition) is 1. The van der Waals surface area contributed by atoms with E-state index in [1.165, 1.54) is 6.07 Å². The average molecular weight is 225 g/mol. The fourth-order valence-corrected chi connectivity index (χ4v) is 1.83. The van der Waals surface area contributed by atoms with E-state index in [4.69, 9.17) is 14.3 Å². The van der Waals surface area contributed by atoms with Crippen molar-refractivity contribution < 1.29 is 19.1 Å². The Morgan fingerprint density at radius 2 is 2.44 bits per heavy atom. The smallest absolute Gasteiger partial charge is 0.371 e. The highest BCUT2D eigenvalue weighted by molar-refractivity contribution is 5.84. The largest absolute Gasteiger partial charge is 0.475 e. The highest BCUT2D eigenvalue weighted by Crippen LogP contribution is 2.13. The van der Waals surface area contributed by atoms with E-state index in [1.807, 2.05) is 6.92 Å². The lowest BCUT2D eigenvalue weighted by Crippen LogP contribution is -2.40. The number of nitrogens with zero attached hydrogens (tertiary/aromatic N) is 1. The molecule has 0 radical (unpaired) electrons. The zero-order valence-electron chi connectivity index (χ0n) is 9.18. The van der Waals surface area contributed by atoms with Crippen molar-refractivity contribution in [2.24, 2.45) is 0 Å². The Morgan fingerprint density at radius 1 is 1.62 bits per heavy atom. The van der Waals surface area contributed by atoms with Crippen molar-refractivity contribution in [3.8, 4) is 0 Å².